The van der Waals surface area contributed by atoms with Crippen molar-refractivity contribution in [1.29, 1.82) is 0 Å². The van der Waals surface area contributed by atoms with E-state index in [1.54, 1.807) is 0 Å². The van der Waals surface area contributed by atoms with Crippen LogP contribution in [-0.2, 0) is 0 Å². The standard InChI is InChI=1S/C16H11ClN2O2/c17-14-15(20)18-10-19-16(14)21-13-8-6-12(7-9-13)11-4-2-1-3-5-11/h1-10H,(H,18,19,20). The van der Waals surface area contributed by atoms with E-state index < -0.39 is 5.56 Å². The van der Waals surface area contributed by atoms with Crippen molar-refractivity contribution >= 4 is 11.6 Å². The van der Waals surface area contributed by atoms with Gasteiger partial charge in [-0.2, -0.15) is 0 Å². The van der Waals surface area contributed by atoms with Crippen molar-refractivity contribution in [1.82, 2.24) is 9.97 Å². The SMILES string of the molecule is O=c1[nH]cnc(Oc2ccc(-c3ccccc3)cc2)c1Cl. The van der Waals surface area contributed by atoms with Gasteiger partial charge in [-0.25, -0.2) is 4.98 Å². The highest BCUT2D eigenvalue weighted by Gasteiger charge is 2.08. The Kier molecular flexibility index (Phi) is 3.71. The van der Waals surface area contributed by atoms with Gasteiger partial charge in [-0.3, -0.25) is 4.79 Å². The van der Waals surface area contributed by atoms with Crippen molar-refractivity contribution in [3.05, 3.63) is 76.3 Å². The van der Waals surface area contributed by atoms with Gasteiger partial charge in [0.2, 0.25) is 5.88 Å². The number of aromatic amines is 1. The Hall–Kier alpha value is -2.59. The second-order valence-corrected chi connectivity index (χ2v) is 4.72. The highest BCUT2D eigenvalue weighted by molar-refractivity contribution is 6.31. The Morgan fingerprint density at radius 2 is 1.62 bits per heavy atom. The molecular formula is C16H11ClN2O2. The number of ether oxygens (including phenoxy) is 1. The first-order chi connectivity index (χ1) is 10.2. The van der Waals surface area contributed by atoms with Gasteiger partial charge in [-0.15, -0.1) is 0 Å². The summed E-state index contributed by atoms with van der Waals surface area (Å²) in [7, 11) is 0. The summed E-state index contributed by atoms with van der Waals surface area (Å²) in [5.74, 6) is 0.655. The molecule has 0 spiro atoms. The van der Waals surface area contributed by atoms with E-state index in [0.29, 0.717) is 5.75 Å². The lowest BCUT2D eigenvalue weighted by atomic mass is 10.1. The fourth-order valence-corrected chi connectivity index (χ4v) is 2.04. The first kappa shape index (κ1) is 13.4. The molecule has 0 saturated carbocycles. The third kappa shape index (κ3) is 2.95. The molecule has 0 unspecified atom stereocenters. The quantitative estimate of drug-likeness (QED) is 0.798. The summed E-state index contributed by atoms with van der Waals surface area (Å²) >= 11 is 5.84. The van der Waals surface area contributed by atoms with Crippen LogP contribution in [0, 0.1) is 0 Å². The summed E-state index contributed by atoms with van der Waals surface area (Å²) in [6.45, 7) is 0. The molecule has 5 heteroatoms. The average Bonchev–Trinajstić information content (AvgIpc) is 2.53. The van der Waals surface area contributed by atoms with E-state index in [2.05, 4.69) is 9.97 Å². The molecule has 0 radical (unpaired) electrons. The number of rotatable bonds is 3. The summed E-state index contributed by atoms with van der Waals surface area (Å²) in [6, 6.07) is 17.5. The lowest BCUT2D eigenvalue weighted by Gasteiger charge is -2.07. The van der Waals surface area contributed by atoms with Crippen LogP contribution in [0.25, 0.3) is 11.1 Å². The van der Waals surface area contributed by atoms with Crippen LogP contribution in [-0.4, -0.2) is 9.97 Å². The number of halogens is 1. The van der Waals surface area contributed by atoms with Gasteiger partial charge in [0, 0.05) is 0 Å². The number of nitrogens with zero attached hydrogens (tertiary/aromatic N) is 1. The van der Waals surface area contributed by atoms with E-state index in [1.165, 1.54) is 6.33 Å². The van der Waals surface area contributed by atoms with Gasteiger partial charge in [-0.1, -0.05) is 54.1 Å². The third-order valence-corrected chi connectivity index (χ3v) is 3.27. The molecule has 104 valence electrons. The molecule has 1 aromatic heterocycles. The molecule has 0 aliphatic carbocycles. The van der Waals surface area contributed by atoms with Gasteiger partial charge in [0.1, 0.15) is 5.75 Å². The zero-order valence-corrected chi connectivity index (χ0v) is 11.7. The first-order valence-electron chi connectivity index (χ1n) is 6.30. The zero-order valence-electron chi connectivity index (χ0n) is 10.9. The summed E-state index contributed by atoms with van der Waals surface area (Å²) in [5.41, 5.74) is 1.77. The minimum absolute atomic E-state index is 0.0652. The maximum absolute atomic E-state index is 11.4. The Labute approximate surface area is 126 Å². The maximum atomic E-state index is 11.4. The van der Waals surface area contributed by atoms with Crippen LogP contribution in [0.15, 0.2) is 65.7 Å². The normalized spacial score (nSPS) is 10.3. The Morgan fingerprint density at radius 3 is 2.33 bits per heavy atom. The van der Waals surface area contributed by atoms with Crippen LogP contribution < -0.4 is 10.3 Å². The topological polar surface area (TPSA) is 55.0 Å². The number of benzene rings is 2. The molecule has 1 N–H and O–H groups in total. The van der Waals surface area contributed by atoms with E-state index in [9.17, 15) is 4.79 Å². The monoisotopic (exact) mass is 298 g/mol. The number of H-pyrrole nitrogens is 1. The second-order valence-electron chi connectivity index (χ2n) is 4.34. The van der Waals surface area contributed by atoms with Crippen LogP contribution in [0.1, 0.15) is 0 Å². The molecule has 0 aliphatic rings. The summed E-state index contributed by atoms with van der Waals surface area (Å²) in [4.78, 5) is 17.6. The molecule has 0 saturated heterocycles. The number of hydrogen-bond donors (Lipinski definition) is 1. The summed E-state index contributed by atoms with van der Waals surface area (Å²) < 4.78 is 5.52. The fraction of sp³-hybridized carbons (Fsp3) is 0. The number of nitrogens with one attached hydrogen (secondary N) is 1. The molecule has 21 heavy (non-hydrogen) atoms. The molecule has 2 aromatic carbocycles. The van der Waals surface area contributed by atoms with Gasteiger partial charge in [0.05, 0.1) is 6.33 Å². The van der Waals surface area contributed by atoms with Gasteiger partial charge >= 0.3 is 0 Å². The largest absolute Gasteiger partial charge is 0.437 e. The first-order valence-corrected chi connectivity index (χ1v) is 6.68. The van der Waals surface area contributed by atoms with Crippen molar-refractivity contribution in [2.75, 3.05) is 0 Å². The smallest absolute Gasteiger partial charge is 0.273 e. The lowest BCUT2D eigenvalue weighted by molar-refractivity contribution is 0.461. The number of aromatic nitrogens is 2. The van der Waals surface area contributed by atoms with Crippen LogP contribution in [0.4, 0.5) is 0 Å². The predicted octanol–water partition coefficient (Wildman–Crippen LogP) is 3.88. The van der Waals surface area contributed by atoms with Crippen LogP contribution in [0.2, 0.25) is 5.02 Å². The molecule has 0 bridgehead atoms. The zero-order chi connectivity index (χ0) is 14.7. The van der Waals surface area contributed by atoms with E-state index in [1.807, 2.05) is 54.6 Å². The van der Waals surface area contributed by atoms with Gasteiger partial charge < -0.3 is 9.72 Å². The van der Waals surface area contributed by atoms with Crippen molar-refractivity contribution < 1.29 is 4.74 Å². The van der Waals surface area contributed by atoms with E-state index in [4.69, 9.17) is 16.3 Å². The third-order valence-electron chi connectivity index (χ3n) is 2.94. The minimum Gasteiger partial charge on any atom is -0.437 e. The van der Waals surface area contributed by atoms with E-state index in [0.717, 1.165) is 11.1 Å². The van der Waals surface area contributed by atoms with Crippen LogP contribution in [0.3, 0.4) is 0 Å². The van der Waals surface area contributed by atoms with Crippen LogP contribution >= 0.6 is 11.6 Å². The van der Waals surface area contributed by atoms with Crippen molar-refractivity contribution in [3.8, 4) is 22.8 Å². The van der Waals surface area contributed by atoms with Crippen molar-refractivity contribution in [2.24, 2.45) is 0 Å². The van der Waals surface area contributed by atoms with Gasteiger partial charge in [0.25, 0.3) is 5.56 Å². The number of hydrogen-bond acceptors (Lipinski definition) is 3. The Morgan fingerprint density at radius 1 is 0.952 bits per heavy atom. The second kappa shape index (κ2) is 5.81. The molecule has 0 aliphatic heterocycles. The average molecular weight is 299 g/mol. The minimum atomic E-state index is -0.428. The van der Waals surface area contributed by atoms with Gasteiger partial charge in [-0.05, 0) is 23.3 Å². The lowest BCUT2D eigenvalue weighted by Crippen LogP contribution is -2.07. The predicted molar refractivity (Wildman–Crippen MR) is 81.8 cm³/mol. The molecule has 3 rings (SSSR count). The summed E-state index contributed by atoms with van der Waals surface area (Å²) in [6.07, 6.45) is 1.25. The highest BCUT2D eigenvalue weighted by Crippen LogP contribution is 2.26. The van der Waals surface area contributed by atoms with Crippen molar-refractivity contribution in [3.63, 3.8) is 0 Å². The molecule has 0 fully saturated rings. The molecule has 0 atom stereocenters. The van der Waals surface area contributed by atoms with E-state index >= 15 is 0 Å². The molecule has 1 heterocycles. The van der Waals surface area contributed by atoms with E-state index in [-0.39, 0.29) is 10.9 Å². The maximum Gasteiger partial charge on any atom is 0.273 e. The van der Waals surface area contributed by atoms with Crippen LogP contribution in [0.5, 0.6) is 11.6 Å². The molecule has 0 amide bonds. The van der Waals surface area contributed by atoms with Gasteiger partial charge in [0.15, 0.2) is 5.02 Å². The molecule has 3 aromatic rings. The fourth-order valence-electron chi connectivity index (χ4n) is 1.90. The summed E-state index contributed by atoms with van der Waals surface area (Å²) in [5, 5.41) is -0.0652. The van der Waals surface area contributed by atoms with Crippen molar-refractivity contribution in [2.45, 2.75) is 0 Å². The highest BCUT2D eigenvalue weighted by atomic mass is 35.5. The Bertz CT molecular complexity index is 799. The Balaban J connectivity index is 1.85. The molecule has 4 nitrogen and oxygen atoms in total. The molecular weight excluding hydrogens is 288 g/mol.